The van der Waals surface area contributed by atoms with Crippen molar-refractivity contribution in [2.24, 2.45) is 0 Å². The third-order valence-corrected chi connectivity index (χ3v) is 5.14. The van der Waals surface area contributed by atoms with E-state index in [9.17, 15) is 0 Å². The number of hydrogen-bond donors (Lipinski definition) is 0. The molecule has 4 heteroatoms. The van der Waals surface area contributed by atoms with E-state index >= 15 is 0 Å². The van der Waals surface area contributed by atoms with Crippen LogP contribution in [0.15, 0.2) is 34.5 Å². The number of thioether (sulfide) groups is 1. The molecule has 2 rings (SSSR count). The molecule has 96 valence electrons. The Bertz CT molecular complexity index is 510. The van der Waals surface area contributed by atoms with Crippen LogP contribution < -0.4 is 0 Å². The van der Waals surface area contributed by atoms with Crippen molar-refractivity contribution in [2.45, 2.75) is 36.8 Å². The van der Waals surface area contributed by atoms with Crippen LogP contribution in [-0.4, -0.2) is 4.98 Å². The van der Waals surface area contributed by atoms with Gasteiger partial charge in [0.15, 0.2) is 0 Å². The lowest BCUT2D eigenvalue weighted by Gasteiger charge is -2.02. The second-order valence-corrected chi connectivity index (χ2v) is 6.65. The van der Waals surface area contributed by atoms with Gasteiger partial charge in [0.1, 0.15) is 5.01 Å². The molecule has 0 aliphatic heterocycles. The molecule has 0 spiro atoms. The average Bonchev–Trinajstić information content (AvgIpc) is 2.84. The summed E-state index contributed by atoms with van der Waals surface area (Å²) < 4.78 is 0. The van der Waals surface area contributed by atoms with Crippen LogP contribution in [0.2, 0.25) is 5.02 Å². The quantitative estimate of drug-likeness (QED) is 0.666. The molecule has 1 nitrogen and oxygen atoms in total. The highest BCUT2D eigenvalue weighted by Crippen LogP contribution is 2.28. The lowest BCUT2D eigenvalue weighted by atomic mass is 10.1. The standard InChI is InChI=1S/C14H16ClNS2/c1-3-10(2)13-8-18-14(16-13)9-17-12-6-4-5-11(15)7-12/h4-8,10H,3,9H2,1-2H3. The van der Waals surface area contributed by atoms with Crippen LogP contribution in [0.25, 0.3) is 0 Å². The minimum absolute atomic E-state index is 0.561. The molecule has 0 bridgehead atoms. The number of halogens is 1. The number of thiazole rings is 1. The third-order valence-electron chi connectivity index (χ3n) is 2.85. The third kappa shape index (κ3) is 3.74. The van der Waals surface area contributed by atoms with Gasteiger partial charge in [-0.2, -0.15) is 0 Å². The summed E-state index contributed by atoms with van der Waals surface area (Å²) in [5.74, 6) is 1.48. The summed E-state index contributed by atoms with van der Waals surface area (Å²) >= 11 is 9.50. The average molecular weight is 298 g/mol. The van der Waals surface area contributed by atoms with Crippen molar-refractivity contribution in [1.82, 2.24) is 4.98 Å². The monoisotopic (exact) mass is 297 g/mol. The molecule has 0 radical (unpaired) electrons. The Hall–Kier alpha value is -0.510. The highest BCUT2D eigenvalue weighted by Gasteiger charge is 2.08. The number of benzene rings is 1. The molecule has 1 heterocycles. The predicted octanol–water partition coefficient (Wildman–Crippen LogP) is 5.60. The van der Waals surface area contributed by atoms with Crippen molar-refractivity contribution in [2.75, 3.05) is 0 Å². The van der Waals surface area contributed by atoms with E-state index < -0.39 is 0 Å². The molecule has 1 aromatic carbocycles. The molecule has 0 aliphatic carbocycles. The van der Waals surface area contributed by atoms with E-state index in [2.05, 4.69) is 30.3 Å². The molecule has 0 aliphatic rings. The lowest BCUT2D eigenvalue weighted by molar-refractivity contribution is 0.711. The highest BCUT2D eigenvalue weighted by molar-refractivity contribution is 7.98. The van der Waals surface area contributed by atoms with Crippen molar-refractivity contribution in [3.63, 3.8) is 0 Å². The van der Waals surface area contributed by atoms with Crippen molar-refractivity contribution < 1.29 is 0 Å². The van der Waals surface area contributed by atoms with Gasteiger partial charge in [-0.3, -0.25) is 0 Å². The zero-order chi connectivity index (χ0) is 13.0. The molecular formula is C14H16ClNS2. The van der Waals surface area contributed by atoms with E-state index in [0.29, 0.717) is 5.92 Å². The Morgan fingerprint density at radius 3 is 3.00 bits per heavy atom. The summed E-state index contributed by atoms with van der Waals surface area (Å²) in [7, 11) is 0. The zero-order valence-corrected chi connectivity index (χ0v) is 12.9. The lowest BCUT2D eigenvalue weighted by Crippen LogP contribution is -1.91. The molecule has 2 aromatic rings. The number of aromatic nitrogens is 1. The van der Waals surface area contributed by atoms with E-state index in [1.54, 1.807) is 23.1 Å². The van der Waals surface area contributed by atoms with E-state index in [1.165, 1.54) is 15.6 Å². The maximum atomic E-state index is 5.96. The Balaban J connectivity index is 1.96. The molecule has 0 amide bonds. The normalized spacial score (nSPS) is 12.6. The fourth-order valence-electron chi connectivity index (χ4n) is 1.53. The van der Waals surface area contributed by atoms with E-state index in [1.807, 2.05) is 18.2 Å². The molecular weight excluding hydrogens is 282 g/mol. The fourth-order valence-corrected chi connectivity index (χ4v) is 3.67. The van der Waals surface area contributed by atoms with Crippen LogP contribution in [0.3, 0.4) is 0 Å². The first-order chi connectivity index (χ1) is 8.69. The van der Waals surface area contributed by atoms with Crippen LogP contribution in [0.5, 0.6) is 0 Å². The first-order valence-electron chi connectivity index (χ1n) is 6.01. The molecule has 18 heavy (non-hydrogen) atoms. The van der Waals surface area contributed by atoms with Gasteiger partial charge in [-0.05, 0) is 30.5 Å². The highest BCUT2D eigenvalue weighted by atomic mass is 35.5. The van der Waals surface area contributed by atoms with Gasteiger partial charge in [-0.15, -0.1) is 23.1 Å². The molecule has 1 aromatic heterocycles. The molecule has 0 fully saturated rings. The second kappa shape index (κ2) is 6.60. The van der Waals surface area contributed by atoms with Gasteiger partial charge in [0.25, 0.3) is 0 Å². The molecule has 0 N–H and O–H groups in total. The van der Waals surface area contributed by atoms with Gasteiger partial charge in [0, 0.05) is 15.3 Å². The van der Waals surface area contributed by atoms with Crippen LogP contribution in [0.4, 0.5) is 0 Å². The Labute approximate surface area is 122 Å². The van der Waals surface area contributed by atoms with Crippen molar-refractivity contribution >= 4 is 34.7 Å². The second-order valence-electron chi connectivity index (χ2n) is 4.22. The SMILES string of the molecule is CCC(C)c1csc(CSc2cccc(Cl)c2)n1. The van der Waals surface area contributed by atoms with Crippen LogP contribution in [0, 0.1) is 0 Å². The van der Waals surface area contributed by atoms with Gasteiger partial charge in [0.05, 0.1) is 11.4 Å². The predicted molar refractivity (Wildman–Crippen MR) is 81.8 cm³/mol. The minimum atomic E-state index is 0.561. The van der Waals surface area contributed by atoms with Gasteiger partial charge in [-0.25, -0.2) is 4.98 Å². The summed E-state index contributed by atoms with van der Waals surface area (Å²) in [4.78, 5) is 5.88. The Kier molecular flexibility index (Phi) is 5.10. The Morgan fingerprint density at radius 1 is 1.44 bits per heavy atom. The molecule has 0 saturated carbocycles. The molecule has 0 saturated heterocycles. The largest absolute Gasteiger partial charge is 0.245 e. The first-order valence-corrected chi connectivity index (χ1v) is 8.26. The summed E-state index contributed by atoms with van der Waals surface area (Å²) in [5, 5.41) is 4.16. The maximum Gasteiger partial charge on any atom is 0.103 e. The topological polar surface area (TPSA) is 12.9 Å². The van der Waals surface area contributed by atoms with Gasteiger partial charge in [-0.1, -0.05) is 31.5 Å². The molecule has 1 atom stereocenters. The summed E-state index contributed by atoms with van der Waals surface area (Å²) in [5.41, 5.74) is 1.23. The first kappa shape index (κ1) is 13.9. The van der Waals surface area contributed by atoms with Gasteiger partial charge in [0.2, 0.25) is 0 Å². The minimum Gasteiger partial charge on any atom is -0.245 e. The van der Waals surface area contributed by atoms with Crippen molar-refractivity contribution in [3.8, 4) is 0 Å². The number of hydrogen-bond acceptors (Lipinski definition) is 3. The van der Waals surface area contributed by atoms with Crippen LogP contribution >= 0.6 is 34.7 Å². The van der Waals surface area contributed by atoms with Crippen molar-refractivity contribution in [1.29, 1.82) is 0 Å². The molecule has 1 unspecified atom stereocenters. The van der Waals surface area contributed by atoms with Crippen LogP contribution in [-0.2, 0) is 5.75 Å². The van der Waals surface area contributed by atoms with Crippen LogP contribution in [0.1, 0.15) is 36.9 Å². The van der Waals surface area contributed by atoms with Gasteiger partial charge >= 0.3 is 0 Å². The summed E-state index contributed by atoms with van der Waals surface area (Å²) in [6, 6.07) is 7.96. The summed E-state index contributed by atoms with van der Waals surface area (Å²) in [6.07, 6.45) is 1.14. The summed E-state index contributed by atoms with van der Waals surface area (Å²) in [6.45, 7) is 4.42. The Morgan fingerprint density at radius 2 is 2.28 bits per heavy atom. The van der Waals surface area contributed by atoms with E-state index in [0.717, 1.165) is 17.2 Å². The van der Waals surface area contributed by atoms with E-state index in [-0.39, 0.29) is 0 Å². The smallest absolute Gasteiger partial charge is 0.103 e. The van der Waals surface area contributed by atoms with E-state index in [4.69, 9.17) is 11.6 Å². The number of nitrogens with zero attached hydrogens (tertiary/aromatic N) is 1. The number of rotatable bonds is 5. The van der Waals surface area contributed by atoms with Gasteiger partial charge < -0.3 is 0 Å². The maximum absolute atomic E-state index is 5.96. The zero-order valence-electron chi connectivity index (χ0n) is 10.5. The fraction of sp³-hybridized carbons (Fsp3) is 0.357. The van der Waals surface area contributed by atoms with Crippen molar-refractivity contribution in [3.05, 3.63) is 45.4 Å².